The fourth-order valence-corrected chi connectivity index (χ4v) is 3.04. The highest BCUT2D eigenvalue weighted by atomic mass is 16.2. The smallest absolute Gasteiger partial charge is 0.249 e. The van der Waals surface area contributed by atoms with Gasteiger partial charge >= 0.3 is 0 Å². The van der Waals surface area contributed by atoms with Gasteiger partial charge in [0.05, 0.1) is 6.42 Å². The van der Waals surface area contributed by atoms with E-state index in [1.165, 1.54) is 12.0 Å². The van der Waals surface area contributed by atoms with E-state index in [-0.39, 0.29) is 18.2 Å². The van der Waals surface area contributed by atoms with Crippen LogP contribution in [0.25, 0.3) is 0 Å². The first-order chi connectivity index (χ1) is 11.7. The predicted octanol–water partition coefficient (Wildman–Crippen LogP) is 1.92. The Morgan fingerprint density at radius 2 is 1.96 bits per heavy atom. The monoisotopic (exact) mass is 328 g/mol. The molecular weight excluding hydrogens is 304 g/mol. The maximum atomic E-state index is 12.5. The van der Waals surface area contributed by atoms with Gasteiger partial charge in [-0.25, -0.2) is 4.99 Å². The van der Waals surface area contributed by atoms with Crippen LogP contribution in [-0.2, 0) is 16.0 Å². The fraction of sp³-hybridized carbons (Fsp3) is 0.500. The minimum absolute atomic E-state index is 0.0935. The van der Waals surface area contributed by atoms with E-state index >= 15 is 0 Å². The van der Waals surface area contributed by atoms with Crippen LogP contribution in [0.3, 0.4) is 0 Å². The lowest BCUT2D eigenvalue weighted by Crippen LogP contribution is -2.51. The Bertz CT molecular complexity index is 633. The van der Waals surface area contributed by atoms with Crippen LogP contribution in [0, 0.1) is 0 Å². The van der Waals surface area contributed by atoms with Crippen molar-refractivity contribution in [3.05, 3.63) is 29.8 Å². The highest BCUT2D eigenvalue weighted by molar-refractivity contribution is 6.05. The average molecular weight is 328 g/mol. The number of hydrogen-bond donors (Lipinski definition) is 2. The van der Waals surface area contributed by atoms with E-state index in [0.717, 1.165) is 38.0 Å². The van der Waals surface area contributed by atoms with Crippen molar-refractivity contribution in [2.75, 3.05) is 18.4 Å². The van der Waals surface area contributed by atoms with Gasteiger partial charge in [-0.2, -0.15) is 0 Å². The minimum Gasteiger partial charge on any atom is -0.343 e. The molecule has 1 saturated heterocycles. The number of amides is 2. The number of anilines is 1. The number of aryl methyl sites for hydroxylation is 1. The molecule has 1 aromatic rings. The summed E-state index contributed by atoms with van der Waals surface area (Å²) in [6, 6.07) is 7.09. The fourth-order valence-electron chi connectivity index (χ4n) is 3.04. The zero-order valence-electron chi connectivity index (χ0n) is 14.0. The molecule has 1 fully saturated rings. The molecule has 128 valence electrons. The molecule has 2 aliphatic rings. The lowest BCUT2D eigenvalue weighted by Gasteiger charge is -2.32. The Kier molecular flexibility index (Phi) is 5.13. The van der Waals surface area contributed by atoms with E-state index in [2.05, 4.69) is 27.4 Å². The number of piperidine rings is 1. The predicted molar refractivity (Wildman–Crippen MR) is 93.9 cm³/mol. The number of rotatable bonds is 3. The van der Waals surface area contributed by atoms with Crippen LogP contribution in [0.1, 0.15) is 38.2 Å². The van der Waals surface area contributed by atoms with E-state index in [0.29, 0.717) is 5.96 Å². The van der Waals surface area contributed by atoms with Gasteiger partial charge in [0.15, 0.2) is 0 Å². The van der Waals surface area contributed by atoms with Crippen molar-refractivity contribution in [2.24, 2.45) is 4.99 Å². The number of benzene rings is 1. The normalized spacial score (nSPS) is 21.0. The van der Waals surface area contributed by atoms with Crippen molar-refractivity contribution < 1.29 is 9.59 Å². The van der Waals surface area contributed by atoms with Gasteiger partial charge in [0, 0.05) is 18.8 Å². The number of hydrogen-bond acceptors (Lipinski definition) is 4. The van der Waals surface area contributed by atoms with Gasteiger partial charge < -0.3 is 10.2 Å². The molecule has 6 nitrogen and oxygen atoms in total. The molecule has 1 atom stereocenters. The van der Waals surface area contributed by atoms with E-state index in [1.54, 1.807) is 0 Å². The largest absolute Gasteiger partial charge is 0.343 e. The maximum absolute atomic E-state index is 12.5. The van der Waals surface area contributed by atoms with Crippen LogP contribution < -0.4 is 10.6 Å². The first-order valence-corrected chi connectivity index (χ1v) is 8.68. The lowest BCUT2D eigenvalue weighted by atomic mass is 10.1. The Morgan fingerprint density at radius 1 is 1.25 bits per heavy atom. The molecule has 2 heterocycles. The van der Waals surface area contributed by atoms with Crippen molar-refractivity contribution in [3.8, 4) is 0 Å². The van der Waals surface area contributed by atoms with Gasteiger partial charge in [0.25, 0.3) is 0 Å². The third-order valence-corrected chi connectivity index (χ3v) is 4.50. The molecule has 6 heteroatoms. The minimum atomic E-state index is -0.665. The van der Waals surface area contributed by atoms with Crippen LogP contribution >= 0.6 is 0 Å². The van der Waals surface area contributed by atoms with E-state index in [4.69, 9.17) is 0 Å². The standard InChI is InChI=1S/C18H24N4O2/c1-2-13-6-8-14(9-7-13)19-17(24)15-12-16(23)21-18(20-15)22-10-4-3-5-11-22/h6-9,15H,2-5,10-12H2,1H3,(H,19,24)(H,20,21,23)/t15-/m1/s1. The number of nitrogens with zero attached hydrogens (tertiary/aromatic N) is 2. The van der Waals surface area contributed by atoms with Crippen molar-refractivity contribution in [3.63, 3.8) is 0 Å². The van der Waals surface area contributed by atoms with Crippen LogP contribution in [-0.4, -0.2) is 41.8 Å². The molecule has 2 aliphatic heterocycles. The van der Waals surface area contributed by atoms with Gasteiger partial charge in [-0.15, -0.1) is 0 Å². The second-order valence-corrected chi connectivity index (χ2v) is 6.31. The summed E-state index contributed by atoms with van der Waals surface area (Å²) in [6.07, 6.45) is 4.44. The highest BCUT2D eigenvalue weighted by Crippen LogP contribution is 2.15. The van der Waals surface area contributed by atoms with Crippen LogP contribution in [0.15, 0.2) is 29.3 Å². The molecule has 2 amide bonds. The Hall–Kier alpha value is -2.37. The van der Waals surface area contributed by atoms with E-state index < -0.39 is 6.04 Å². The highest BCUT2D eigenvalue weighted by Gasteiger charge is 2.29. The molecule has 0 spiro atoms. The first kappa shape index (κ1) is 16.5. The second-order valence-electron chi connectivity index (χ2n) is 6.31. The van der Waals surface area contributed by atoms with Gasteiger partial charge in [-0.3, -0.25) is 14.9 Å². The summed E-state index contributed by atoms with van der Waals surface area (Å²) in [4.78, 5) is 31.0. The van der Waals surface area contributed by atoms with Crippen LogP contribution in [0.4, 0.5) is 5.69 Å². The number of likely N-dealkylation sites (tertiary alicyclic amines) is 1. The van der Waals surface area contributed by atoms with Gasteiger partial charge in [0.1, 0.15) is 6.04 Å². The molecule has 2 N–H and O–H groups in total. The Morgan fingerprint density at radius 3 is 2.62 bits per heavy atom. The number of nitrogens with one attached hydrogen (secondary N) is 2. The van der Waals surface area contributed by atoms with Crippen LogP contribution in [0.2, 0.25) is 0 Å². The van der Waals surface area contributed by atoms with Crippen molar-refractivity contribution in [1.29, 1.82) is 0 Å². The van der Waals surface area contributed by atoms with Gasteiger partial charge in [-0.05, 0) is 43.4 Å². The Labute approximate surface area is 142 Å². The Balaban J connectivity index is 1.69. The number of carbonyl (C=O) groups excluding carboxylic acids is 2. The first-order valence-electron chi connectivity index (χ1n) is 8.68. The SMILES string of the molecule is CCc1ccc(NC(=O)[C@H]2CC(=O)NC(N3CCCCC3)=N2)cc1. The summed E-state index contributed by atoms with van der Waals surface area (Å²) in [7, 11) is 0. The molecule has 0 aliphatic carbocycles. The molecule has 24 heavy (non-hydrogen) atoms. The molecule has 0 aromatic heterocycles. The summed E-state index contributed by atoms with van der Waals surface area (Å²) in [5.41, 5.74) is 1.95. The zero-order valence-corrected chi connectivity index (χ0v) is 14.0. The number of carbonyl (C=O) groups is 2. The molecule has 0 bridgehead atoms. The second kappa shape index (κ2) is 7.47. The van der Waals surface area contributed by atoms with E-state index in [1.807, 2.05) is 24.3 Å². The zero-order chi connectivity index (χ0) is 16.9. The average Bonchev–Trinajstić information content (AvgIpc) is 2.62. The van der Waals surface area contributed by atoms with E-state index in [9.17, 15) is 9.59 Å². The molecule has 0 unspecified atom stereocenters. The summed E-state index contributed by atoms with van der Waals surface area (Å²) in [6.45, 7) is 3.85. The third-order valence-electron chi connectivity index (χ3n) is 4.50. The summed E-state index contributed by atoms with van der Waals surface area (Å²) >= 11 is 0. The lowest BCUT2D eigenvalue weighted by molar-refractivity contribution is -0.125. The van der Waals surface area contributed by atoms with Gasteiger partial charge in [-0.1, -0.05) is 19.1 Å². The molecule has 3 rings (SSSR count). The molecule has 0 saturated carbocycles. The summed E-state index contributed by atoms with van der Waals surface area (Å²) in [5, 5.41) is 5.67. The topological polar surface area (TPSA) is 73.8 Å². The molecule has 1 aromatic carbocycles. The maximum Gasteiger partial charge on any atom is 0.249 e. The van der Waals surface area contributed by atoms with Crippen molar-refractivity contribution in [2.45, 2.75) is 45.1 Å². The van der Waals surface area contributed by atoms with Crippen molar-refractivity contribution in [1.82, 2.24) is 10.2 Å². The third kappa shape index (κ3) is 3.93. The van der Waals surface area contributed by atoms with Gasteiger partial charge in [0.2, 0.25) is 17.8 Å². The number of aliphatic imine (C=N–C) groups is 1. The molecule has 0 radical (unpaired) electrons. The van der Waals surface area contributed by atoms with Crippen molar-refractivity contribution >= 4 is 23.5 Å². The van der Waals surface area contributed by atoms with Crippen LogP contribution in [0.5, 0.6) is 0 Å². The summed E-state index contributed by atoms with van der Waals surface area (Å²) < 4.78 is 0. The molecular formula is C18H24N4O2. The number of guanidine groups is 1. The quantitative estimate of drug-likeness (QED) is 0.890. The summed E-state index contributed by atoms with van der Waals surface area (Å²) in [5.74, 6) is 0.170.